The van der Waals surface area contributed by atoms with Gasteiger partial charge >= 0.3 is 6.03 Å². The number of nitrogens with zero attached hydrogens (tertiary/aromatic N) is 1. The number of nitrogens with one attached hydrogen (secondary N) is 2. The van der Waals surface area contributed by atoms with Crippen LogP contribution in [0.3, 0.4) is 0 Å². The van der Waals surface area contributed by atoms with Gasteiger partial charge in [0.25, 0.3) is 5.91 Å². The van der Waals surface area contributed by atoms with Crippen LogP contribution in [0, 0.1) is 0 Å². The largest absolute Gasteiger partial charge is 0.333 e. The van der Waals surface area contributed by atoms with Gasteiger partial charge in [0.15, 0.2) is 0 Å². The lowest BCUT2D eigenvalue weighted by Crippen LogP contribution is -2.47. The van der Waals surface area contributed by atoms with E-state index in [4.69, 9.17) is 23.2 Å². The lowest BCUT2D eigenvalue weighted by molar-refractivity contribution is 0.0511. The van der Waals surface area contributed by atoms with E-state index in [1.807, 2.05) is 4.90 Å². The second-order valence-electron chi connectivity index (χ2n) is 7.13. The van der Waals surface area contributed by atoms with Gasteiger partial charge in [0, 0.05) is 29.0 Å². The van der Waals surface area contributed by atoms with E-state index in [0.717, 1.165) is 19.3 Å². The monoisotopic (exact) mass is 419 g/mol. The number of carbonyl (C=O) groups is 2. The molecule has 1 saturated heterocycles. The van der Waals surface area contributed by atoms with Crippen LogP contribution >= 0.6 is 23.2 Å². The summed E-state index contributed by atoms with van der Waals surface area (Å²) < 4.78 is 0. The van der Waals surface area contributed by atoms with Crippen molar-refractivity contribution in [3.63, 3.8) is 0 Å². The van der Waals surface area contributed by atoms with E-state index in [9.17, 15) is 9.59 Å². The van der Waals surface area contributed by atoms with Crippen LogP contribution < -0.4 is 10.6 Å². The van der Waals surface area contributed by atoms with E-state index < -0.39 is 6.03 Å². The topological polar surface area (TPSA) is 61.4 Å². The van der Waals surface area contributed by atoms with Crippen molar-refractivity contribution in [3.05, 3.63) is 58.1 Å². The zero-order valence-corrected chi connectivity index (χ0v) is 17.3. The molecule has 2 aromatic carbocycles. The van der Waals surface area contributed by atoms with Crippen LogP contribution in [0.1, 0.15) is 43.5 Å². The van der Waals surface area contributed by atoms with Crippen molar-refractivity contribution in [3.8, 4) is 0 Å². The van der Waals surface area contributed by atoms with Crippen molar-refractivity contribution >= 4 is 46.5 Å². The third kappa shape index (κ3) is 4.78. The summed E-state index contributed by atoms with van der Waals surface area (Å²) in [4.78, 5) is 27.0. The van der Waals surface area contributed by atoms with Gasteiger partial charge in [-0.2, -0.15) is 0 Å². The van der Waals surface area contributed by atoms with Crippen molar-refractivity contribution in [2.75, 3.05) is 10.6 Å². The van der Waals surface area contributed by atoms with E-state index >= 15 is 0 Å². The highest BCUT2D eigenvalue weighted by Gasteiger charge is 2.29. The van der Waals surface area contributed by atoms with Crippen LogP contribution in [-0.4, -0.2) is 28.9 Å². The number of hydrogen-bond donors (Lipinski definition) is 2. The molecule has 1 aliphatic heterocycles. The summed E-state index contributed by atoms with van der Waals surface area (Å²) in [5.41, 5.74) is 1.75. The van der Waals surface area contributed by atoms with Crippen LogP contribution in [0.2, 0.25) is 10.0 Å². The Morgan fingerprint density at radius 2 is 1.46 bits per heavy atom. The molecule has 2 N–H and O–H groups in total. The highest BCUT2D eigenvalue weighted by Crippen LogP contribution is 2.26. The zero-order valence-electron chi connectivity index (χ0n) is 15.8. The molecule has 1 heterocycles. The average molecular weight is 420 g/mol. The molecule has 2 atom stereocenters. The Kier molecular flexibility index (Phi) is 6.47. The van der Waals surface area contributed by atoms with Crippen molar-refractivity contribution in [2.45, 2.75) is 45.2 Å². The van der Waals surface area contributed by atoms with Gasteiger partial charge in [-0.15, -0.1) is 0 Å². The molecule has 5 nitrogen and oxygen atoms in total. The predicted octanol–water partition coefficient (Wildman–Crippen LogP) is 6.04. The second-order valence-corrected chi connectivity index (χ2v) is 7.94. The quantitative estimate of drug-likeness (QED) is 0.636. The third-order valence-electron chi connectivity index (χ3n) is 5.00. The Morgan fingerprint density at radius 1 is 0.893 bits per heavy atom. The number of carbonyl (C=O) groups excluding carboxylic acids is 2. The minimum absolute atomic E-state index is 0.0338. The molecule has 3 amide bonds. The lowest BCUT2D eigenvalue weighted by atomic mass is 9.96. The second kappa shape index (κ2) is 8.84. The first kappa shape index (κ1) is 20.5. The molecule has 0 aliphatic carbocycles. The summed E-state index contributed by atoms with van der Waals surface area (Å²) in [7, 11) is 0. The van der Waals surface area contributed by atoms with Gasteiger partial charge in [0.2, 0.25) is 0 Å². The van der Waals surface area contributed by atoms with Crippen LogP contribution in [-0.2, 0) is 0 Å². The minimum Gasteiger partial charge on any atom is -0.333 e. The predicted molar refractivity (Wildman–Crippen MR) is 114 cm³/mol. The number of rotatable bonds is 3. The third-order valence-corrected chi connectivity index (χ3v) is 5.73. The SMILES string of the molecule is C[C@@H]1CCC[C@@H](C)N1C(=O)c1ccc(NC(=O)Nc2ccc(Cl)c(Cl)c2)cc1. The first-order valence-electron chi connectivity index (χ1n) is 9.31. The van der Waals surface area contributed by atoms with Crippen molar-refractivity contribution in [2.24, 2.45) is 0 Å². The van der Waals surface area contributed by atoms with Gasteiger partial charge < -0.3 is 15.5 Å². The minimum atomic E-state index is -0.407. The summed E-state index contributed by atoms with van der Waals surface area (Å²) in [6.07, 6.45) is 3.22. The molecule has 0 unspecified atom stereocenters. The fourth-order valence-electron chi connectivity index (χ4n) is 3.53. The fourth-order valence-corrected chi connectivity index (χ4v) is 3.83. The number of hydrogen-bond acceptors (Lipinski definition) is 2. The summed E-state index contributed by atoms with van der Waals surface area (Å²) in [6, 6.07) is 11.9. The van der Waals surface area contributed by atoms with Gasteiger partial charge in [-0.3, -0.25) is 4.79 Å². The van der Waals surface area contributed by atoms with Crippen molar-refractivity contribution in [1.29, 1.82) is 0 Å². The van der Waals surface area contributed by atoms with E-state index in [1.165, 1.54) is 0 Å². The normalized spacial score (nSPS) is 19.2. The Balaban J connectivity index is 1.63. The number of piperidine rings is 1. The lowest BCUT2D eigenvalue weighted by Gasteiger charge is -2.39. The van der Waals surface area contributed by atoms with Gasteiger partial charge in [-0.1, -0.05) is 23.2 Å². The number of halogens is 2. The zero-order chi connectivity index (χ0) is 20.3. The van der Waals surface area contributed by atoms with Gasteiger partial charge in [-0.05, 0) is 75.6 Å². The van der Waals surface area contributed by atoms with Gasteiger partial charge in [0.05, 0.1) is 10.0 Å². The Labute approximate surface area is 175 Å². The molecule has 0 aromatic heterocycles. The standard InChI is InChI=1S/C21H23Cl2N3O2/c1-13-4-3-5-14(2)26(13)20(27)15-6-8-16(9-7-15)24-21(28)25-17-10-11-18(22)19(23)12-17/h6-14H,3-5H2,1-2H3,(H2,24,25,28)/t13-,14-/m1/s1. The van der Waals surface area contributed by atoms with Crippen molar-refractivity contribution < 1.29 is 9.59 Å². The number of anilines is 2. The maximum absolute atomic E-state index is 12.9. The molecular weight excluding hydrogens is 397 g/mol. The molecule has 0 radical (unpaired) electrons. The molecule has 2 aromatic rings. The van der Waals surface area contributed by atoms with Crippen LogP contribution in [0.25, 0.3) is 0 Å². The summed E-state index contributed by atoms with van der Waals surface area (Å²) in [6.45, 7) is 4.19. The van der Waals surface area contributed by atoms with Crippen molar-refractivity contribution in [1.82, 2.24) is 4.90 Å². The fraction of sp³-hybridized carbons (Fsp3) is 0.333. The molecule has 28 heavy (non-hydrogen) atoms. The first-order valence-corrected chi connectivity index (χ1v) is 10.1. The molecule has 0 saturated carbocycles. The van der Waals surface area contributed by atoms with Crippen LogP contribution in [0.5, 0.6) is 0 Å². The maximum Gasteiger partial charge on any atom is 0.323 e. The van der Waals surface area contributed by atoms with Crippen LogP contribution in [0.15, 0.2) is 42.5 Å². The van der Waals surface area contributed by atoms with Crippen LogP contribution in [0.4, 0.5) is 16.2 Å². The molecular formula is C21H23Cl2N3O2. The maximum atomic E-state index is 12.9. The summed E-state index contributed by atoms with van der Waals surface area (Å²) in [5.74, 6) is 0.0338. The van der Waals surface area contributed by atoms with E-state index in [1.54, 1.807) is 42.5 Å². The molecule has 148 valence electrons. The van der Waals surface area contributed by atoms with E-state index in [-0.39, 0.29) is 18.0 Å². The van der Waals surface area contributed by atoms with Gasteiger partial charge in [0.1, 0.15) is 0 Å². The molecule has 1 fully saturated rings. The number of amides is 3. The molecule has 3 rings (SSSR count). The summed E-state index contributed by atoms with van der Waals surface area (Å²) >= 11 is 11.8. The Bertz CT molecular complexity index is 860. The highest BCUT2D eigenvalue weighted by atomic mass is 35.5. The molecule has 0 bridgehead atoms. The Hall–Kier alpha value is -2.24. The van der Waals surface area contributed by atoms with Gasteiger partial charge in [-0.25, -0.2) is 4.79 Å². The number of likely N-dealkylation sites (tertiary alicyclic amines) is 1. The molecule has 1 aliphatic rings. The Morgan fingerprint density at radius 3 is 2.07 bits per heavy atom. The summed E-state index contributed by atoms with van der Waals surface area (Å²) in [5, 5.41) is 6.21. The smallest absolute Gasteiger partial charge is 0.323 e. The average Bonchev–Trinajstić information content (AvgIpc) is 2.65. The van der Waals surface area contributed by atoms with E-state index in [2.05, 4.69) is 24.5 Å². The molecule has 7 heteroatoms. The number of benzene rings is 2. The van der Waals surface area contributed by atoms with E-state index in [0.29, 0.717) is 27.0 Å². The highest BCUT2D eigenvalue weighted by molar-refractivity contribution is 6.42. The number of urea groups is 1. The molecule has 0 spiro atoms. The first-order chi connectivity index (χ1) is 13.3.